The van der Waals surface area contributed by atoms with Crippen molar-refractivity contribution in [2.75, 3.05) is 11.4 Å². The zero-order chi connectivity index (χ0) is 14.5. The smallest absolute Gasteiger partial charge is 0.152 e. The predicted octanol–water partition coefficient (Wildman–Crippen LogP) is 3.88. The highest BCUT2D eigenvalue weighted by atomic mass is 35.5. The van der Waals surface area contributed by atoms with Crippen molar-refractivity contribution in [3.8, 4) is 0 Å². The Morgan fingerprint density at radius 2 is 2.10 bits per heavy atom. The first-order valence-electron chi connectivity index (χ1n) is 6.56. The molecule has 1 aromatic heterocycles. The molecule has 1 aromatic carbocycles. The van der Waals surface area contributed by atoms with Gasteiger partial charge in [0.1, 0.15) is 0 Å². The van der Waals surface area contributed by atoms with Crippen molar-refractivity contribution in [2.45, 2.75) is 20.4 Å². The van der Waals surface area contributed by atoms with Gasteiger partial charge in [0.05, 0.1) is 12.2 Å². The number of carbonyl (C=O) groups is 1. The van der Waals surface area contributed by atoms with Crippen LogP contribution in [0.25, 0.3) is 0 Å². The Balaban J connectivity index is 2.33. The maximum atomic E-state index is 11.2. The van der Waals surface area contributed by atoms with E-state index in [4.69, 9.17) is 11.6 Å². The highest BCUT2D eigenvalue weighted by Gasteiger charge is 2.11. The third-order valence-corrected chi connectivity index (χ3v) is 3.38. The molecular weight excluding hydrogens is 272 g/mol. The monoisotopic (exact) mass is 288 g/mol. The summed E-state index contributed by atoms with van der Waals surface area (Å²) in [5.41, 5.74) is 3.45. The van der Waals surface area contributed by atoms with Crippen LogP contribution in [-0.2, 0) is 6.54 Å². The number of hydrogen-bond donors (Lipinski definition) is 0. The minimum atomic E-state index is 0.626. The van der Waals surface area contributed by atoms with Gasteiger partial charge in [-0.25, -0.2) is 0 Å². The quantitative estimate of drug-likeness (QED) is 0.783. The minimum absolute atomic E-state index is 0.626. The molecular formula is C16H17ClN2O. The SMILES string of the molecule is CCN(Cc1cccc(C)n1)c1cc(Cl)ccc1C=O. The zero-order valence-electron chi connectivity index (χ0n) is 11.6. The topological polar surface area (TPSA) is 33.2 Å². The molecule has 3 nitrogen and oxygen atoms in total. The standard InChI is InChI=1S/C16H17ClN2O/c1-3-19(10-15-6-4-5-12(2)18-15)16-9-14(17)8-7-13(16)11-20/h4-9,11H,3,10H2,1-2H3. The van der Waals surface area contributed by atoms with Crippen LogP contribution >= 0.6 is 11.6 Å². The van der Waals surface area contributed by atoms with Crippen LogP contribution in [0.5, 0.6) is 0 Å². The Morgan fingerprint density at radius 3 is 2.75 bits per heavy atom. The van der Waals surface area contributed by atoms with Crippen LogP contribution < -0.4 is 4.90 Å². The van der Waals surface area contributed by atoms with Crippen molar-refractivity contribution < 1.29 is 4.79 Å². The molecule has 0 radical (unpaired) electrons. The summed E-state index contributed by atoms with van der Waals surface area (Å²) >= 11 is 6.04. The molecule has 0 N–H and O–H groups in total. The molecule has 0 atom stereocenters. The van der Waals surface area contributed by atoms with Gasteiger partial charge in [-0.3, -0.25) is 9.78 Å². The van der Waals surface area contributed by atoms with Crippen molar-refractivity contribution in [2.24, 2.45) is 0 Å². The van der Waals surface area contributed by atoms with Crippen LogP contribution in [-0.4, -0.2) is 17.8 Å². The Hall–Kier alpha value is -1.87. The van der Waals surface area contributed by atoms with Gasteiger partial charge in [-0.2, -0.15) is 0 Å². The van der Waals surface area contributed by atoms with Crippen molar-refractivity contribution in [3.05, 3.63) is 58.4 Å². The molecule has 0 saturated heterocycles. The van der Waals surface area contributed by atoms with E-state index < -0.39 is 0 Å². The summed E-state index contributed by atoms with van der Waals surface area (Å²) in [6.45, 7) is 5.44. The second-order valence-electron chi connectivity index (χ2n) is 4.61. The van der Waals surface area contributed by atoms with Crippen LogP contribution in [0.15, 0.2) is 36.4 Å². The number of aryl methyl sites for hydroxylation is 1. The van der Waals surface area contributed by atoms with Gasteiger partial charge in [-0.15, -0.1) is 0 Å². The van der Waals surface area contributed by atoms with E-state index in [2.05, 4.69) is 9.88 Å². The maximum absolute atomic E-state index is 11.2. The molecule has 0 aliphatic rings. The van der Waals surface area contributed by atoms with Gasteiger partial charge in [0.15, 0.2) is 6.29 Å². The van der Waals surface area contributed by atoms with E-state index >= 15 is 0 Å². The largest absolute Gasteiger partial charge is 0.365 e. The fraction of sp³-hybridized carbons (Fsp3) is 0.250. The molecule has 20 heavy (non-hydrogen) atoms. The molecule has 0 saturated carbocycles. The zero-order valence-corrected chi connectivity index (χ0v) is 12.4. The Morgan fingerprint density at radius 1 is 1.30 bits per heavy atom. The molecule has 0 aliphatic heterocycles. The normalized spacial score (nSPS) is 10.3. The Bertz CT molecular complexity index is 613. The molecule has 0 unspecified atom stereocenters. The van der Waals surface area contributed by atoms with Crippen LogP contribution in [0.4, 0.5) is 5.69 Å². The molecule has 2 aromatic rings. The van der Waals surface area contributed by atoms with E-state index in [0.717, 1.165) is 29.9 Å². The molecule has 0 aliphatic carbocycles. The van der Waals surface area contributed by atoms with Gasteiger partial charge in [0.2, 0.25) is 0 Å². The molecule has 0 amide bonds. The summed E-state index contributed by atoms with van der Waals surface area (Å²) in [6, 6.07) is 11.2. The third kappa shape index (κ3) is 3.36. The number of hydrogen-bond acceptors (Lipinski definition) is 3. The summed E-state index contributed by atoms with van der Waals surface area (Å²) < 4.78 is 0. The summed E-state index contributed by atoms with van der Waals surface area (Å²) in [4.78, 5) is 17.8. The fourth-order valence-electron chi connectivity index (χ4n) is 2.14. The summed E-state index contributed by atoms with van der Waals surface area (Å²) in [7, 11) is 0. The first-order valence-corrected chi connectivity index (χ1v) is 6.94. The highest BCUT2D eigenvalue weighted by molar-refractivity contribution is 6.31. The van der Waals surface area contributed by atoms with Gasteiger partial charge in [-0.1, -0.05) is 17.7 Å². The third-order valence-electron chi connectivity index (χ3n) is 3.14. The predicted molar refractivity (Wildman–Crippen MR) is 82.5 cm³/mol. The average Bonchev–Trinajstić information content (AvgIpc) is 2.45. The summed E-state index contributed by atoms with van der Waals surface area (Å²) in [5, 5.41) is 0.626. The van der Waals surface area contributed by atoms with E-state index in [0.29, 0.717) is 17.1 Å². The lowest BCUT2D eigenvalue weighted by atomic mass is 10.1. The van der Waals surface area contributed by atoms with Crippen LogP contribution in [0.2, 0.25) is 5.02 Å². The number of halogens is 1. The van der Waals surface area contributed by atoms with Crippen LogP contribution in [0.3, 0.4) is 0 Å². The summed E-state index contributed by atoms with van der Waals surface area (Å²) in [5.74, 6) is 0. The number of benzene rings is 1. The number of aromatic nitrogens is 1. The molecule has 2 rings (SSSR count). The number of nitrogens with zero attached hydrogens (tertiary/aromatic N) is 2. The van der Waals surface area contributed by atoms with Crippen molar-refractivity contribution >= 4 is 23.6 Å². The first kappa shape index (κ1) is 14.5. The first-order chi connectivity index (χ1) is 9.63. The lowest BCUT2D eigenvalue weighted by Gasteiger charge is -2.24. The van der Waals surface area contributed by atoms with Gasteiger partial charge in [0, 0.05) is 28.5 Å². The minimum Gasteiger partial charge on any atom is -0.365 e. The van der Waals surface area contributed by atoms with Gasteiger partial charge >= 0.3 is 0 Å². The highest BCUT2D eigenvalue weighted by Crippen LogP contribution is 2.25. The number of rotatable bonds is 5. The fourth-order valence-corrected chi connectivity index (χ4v) is 2.31. The van der Waals surface area contributed by atoms with Gasteiger partial charge in [-0.05, 0) is 44.2 Å². The maximum Gasteiger partial charge on any atom is 0.152 e. The number of carbonyl (C=O) groups excluding carboxylic acids is 1. The number of anilines is 1. The van der Waals surface area contributed by atoms with Gasteiger partial charge < -0.3 is 4.90 Å². The van der Waals surface area contributed by atoms with Crippen molar-refractivity contribution in [3.63, 3.8) is 0 Å². The molecule has 0 fully saturated rings. The van der Waals surface area contributed by atoms with E-state index in [1.54, 1.807) is 12.1 Å². The molecule has 0 bridgehead atoms. The van der Waals surface area contributed by atoms with E-state index in [9.17, 15) is 4.79 Å². The lowest BCUT2D eigenvalue weighted by Crippen LogP contribution is -2.24. The Labute approximate surface area is 124 Å². The van der Waals surface area contributed by atoms with Crippen LogP contribution in [0.1, 0.15) is 28.7 Å². The molecule has 104 valence electrons. The average molecular weight is 289 g/mol. The Kier molecular flexibility index (Phi) is 4.74. The second kappa shape index (κ2) is 6.53. The van der Waals surface area contributed by atoms with E-state index in [-0.39, 0.29) is 0 Å². The van der Waals surface area contributed by atoms with E-state index in [1.807, 2.05) is 38.1 Å². The molecule has 4 heteroatoms. The lowest BCUT2D eigenvalue weighted by molar-refractivity contribution is 0.112. The number of pyridine rings is 1. The molecule has 1 heterocycles. The van der Waals surface area contributed by atoms with Gasteiger partial charge in [0.25, 0.3) is 0 Å². The van der Waals surface area contributed by atoms with Crippen molar-refractivity contribution in [1.82, 2.24) is 4.98 Å². The molecule has 0 spiro atoms. The van der Waals surface area contributed by atoms with E-state index in [1.165, 1.54) is 0 Å². The van der Waals surface area contributed by atoms with Crippen molar-refractivity contribution in [1.29, 1.82) is 0 Å². The van der Waals surface area contributed by atoms with Crippen LogP contribution in [0, 0.1) is 6.92 Å². The summed E-state index contributed by atoms with van der Waals surface area (Å²) in [6.07, 6.45) is 0.859. The number of aldehydes is 1. The second-order valence-corrected chi connectivity index (χ2v) is 5.04.